The third-order valence-electron chi connectivity index (χ3n) is 7.72. The predicted octanol–water partition coefficient (Wildman–Crippen LogP) is 11.8. The molecule has 1 nitrogen and oxygen atoms in total. The van der Waals surface area contributed by atoms with Crippen LogP contribution in [0.1, 0.15) is 36.2 Å². The lowest BCUT2D eigenvalue weighted by atomic mass is 9.93. The van der Waals surface area contributed by atoms with E-state index >= 15 is 0 Å². The van der Waals surface area contributed by atoms with Gasteiger partial charge in [0.05, 0.1) is 11.2 Å². The molecule has 6 rings (SSSR count). The maximum absolute atomic E-state index is 4.92. The smallest absolute Gasteiger partial charge is 0.0718 e. The number of rotatable bonds is 5. The molecule has 0 unspecified atom stereocenters. The largest absolute Gasteiger partial charge is 0.248 e. The topological polar surface area (TPSA) is 12.9 Å². The Labute approximate surface area is 256 Å². The van der Waals surface area contributed by atoms with Gasteiger partial charge in [-0.05, 0) is 108 Å². The fourth-order valence-corrected chi connectivity index (χ4v) is 5.59. The van der Waals surface area contributed by atoms with Crippen LogP contribution in [0.3, 0.4) is 0 Å². The Morgan fingerprint density at radius 2 is 1.12 bits per heavy atom. The van der Waals surface area contributed by atoms with Crippen molar-refractivity contribution in [2.75, 3.05) is 0 Å². The van der Waals surface area contributed by atoms with Crippen molar-refractivity contribution >= 4 is 16.5 Å². The quantitative estimate of drug-likeness (QED) is 0.192. The van der Waals surface area contributed by atoms with Gasteiger partial charge >= 0.3 is 0 Å². The Kier molecular flexibility index (Phi) is 9.44. The number of hydrogen-bond acceptors (Lipinski definition) is 1. The number of fused-ring (bicyclic) bond motifs is 1. The number of benzene rings is 5. The molecule has 212 valence electrons. The minimum absolute atomic E-state index is 1.02. The second-order valence-electron chi connectivity index (χ2n) is 10.9. The zero-order chi connectivity index (χ0) is 30.2. The van der Waals surface area contributed by atoms with Gasteiger partial charge in [-0.3, -0.25) is 0 Å². The molecule has 43 heavy (non-hydrogen) atoms. The van der Waals surface area contributed by atoms with Crippen LogP contribution in [0.5, 0.6) is 0 Å². The van der Waals surface area contributed by atoms with E-state index in [2.05, 4.69) is 173 Å². The van der Waals surface area contributed by atoms with Crippen LogP contribution in [-0.2, 0) is 0 Å². The van der Waals surface area contributed by atoms with Gasteiger partial charge in [0, 0.05) is 5.39 Å². The summed E-state index contributed by atoms with van der Waals surface area (Å²) in [5, 5.41) is 1.24. The normalized spacial score (nSPS) is 11.4. The van der Waals surface area contributed by atoms with Crippen molar-refractivity contribution in [2.24, 2.45) is 0 Å². The van der Waals surface area contributed by atoms with Gasteiger partial charge in [-0.2, -0.15) is 0 Å². The molecule has 0 radical (unpaired) electrons. The van der Waals surface area contributed by atoms with Crippen molar-refractivity contribution in [1.29, 1.82) is 0 Å². The summed E-state index contributed by atoms with van der Waals surface area (Å²) in [7, 11) is 0. The third-order valence-corrected chi connectivity index (χ3v) is 7.72. The minimum atomic E-state index is 1.02. The summed E-state index contributed by atoms with van der Waals surface area (Å²) in [6, 6.07) is 44.9. The fourth-order valence-electron chi connectivity index (χ4n) is 5.59. The monoisotopic (exact) mass is 557 g/mol. The van der Waals surface area contributed by atoms with Crippen molar-refractivity contribution in [3.8, 4) is 33.4 Å². The average molecular weight is 558 g/mol. The molecule has 0 atom stereocenters. The molecule has 0 aliphatic heterocycles. The van der Waals surface area contributed by atoms with Gasteiger partial charge in [0.1, 0.15) is 0 Å². The molecule has 0 N–H and O–H groups in total. The number of allylic oxidation sites excluding steroid dienone is 4. The van der Waals surface area contributed by atoms with Gasteiger partial charge in [0.25, 0.3) is 0 Å². The summed E-state index contributed by atoms with van der Waals surface area (Å²) in [5.74, 6) is 0. The van der Waals surface area contributed by atoms with Gasteiger partial charge in [-0.25, -0.2) is 4.98 Å². The average Bonchev–Trinajstić information content (AvgIpc) is 3.04. The molecule has 1 heterocycles. The highest BCUT2D eigenvalue weighted by Crippen LogP contribution is 2.34. The maximum atomic E-state index is 4.92. The number of aromatic nitrogens is 1. The highest BCUT2D eigenvalue weighted by Gasteiger charge is 2.13. The minimum Gasteiger partial charge on any atom is -0.248 e. The van der Waals surface area contributed by atoms with Crippen molar-refractivity contribution < 1.29 is 0 Å². The summed E-state index contributed by atoms with van der Waals surface area (Å²) in [4.78, 5) is 4.92. The van der Waals surface area contributed by atoms with Gasteiger partial charge in [0.2, 0.25) is 0 Å². The van der Waals surface area contributed by atoms with E-state index in [9.17, 15) is 0 Å². The predicted molar refractivity (Wildman–Crippen MR) is 187 cm³/mol. The third kappa shape index (κ3) is 6.90. The molecule has 0 saturated carbocycles. The van der Waals surface area contributed by atoms with Gasteiger partial charge in [0.15, 0.2) is 0 Å². The van der Waals surface area contributed by atoms with Crippen LogP contribution in [0, 0.1) is 20.8 Å². The van der Waals surface area contributed by atoms with Crippen molar-refractivity contribution in [1.82, 2.24) is 4.98 Å². The van der Waals surface area contributed by atoms with Crippen LogP contribution in [0.4, 0.5) is 0 Å². The number of hydrogen-bond donors (Lipinski definition) is 0. The molecule has 0 bridgehead atoms. The molecular weight excluding hydrogens is 518 g/mol. The highest BCUT2D eigenvalue weighted by atomic mass is 14.7. The van der Waals surface area contributed by atoms with E-state index in [0.717, 1.165) is 16.8 Å². The van der Waals surface area contributed by atoms with Crippen molar-refractivity contribution in [2.45, 2.75) is 34.6 Å². The Morgan fingerprint density at radius 3 is 1.70 bits per heavy atom. The van der Waals surface area contributed by atoms with E-state index in [4.69, 9.17) is 4.98 Å². The van der Waals surface area contributed by atoms with E-state index in [0.29, 0.717) is 0 Å². The fraction of sp³-hybridized carbons (Fsp3) is 0.119. The van der Waals surface area contributed by atoms with E-state index < -0.39 is 0 Å². The Hall–Kier alpha value is -5.01. The van der Waals surface area contributed by atoms with Crippen LogP contribution < -0.4 is 0 Å². The summed E-state index contributed by atoms with van der Waals surface area (Å²) in [6.45, 7) is 10.6. The van der Waals surface area contributed by atoms with E-state index in [-0.39, 0.29) is 0 Å². The first-order chi connectivity index (χ1) is 21.0. The molecule has 0 fully saturated rings. The zero-order valence-electron chi connectivity index (χ0n) is 25.8. The molecule has 0 amide bonds. The second kappa shape index (κ2) is 13.8. The van der Waals surface area contributed by atoms with Gasteiger partial charge in [-0.1, -0.05) is 127 Å². The Bertz CT molecular complexity index is 1840. The maximum Gasteiger partial charge on any atom is 0.0718 e. The van der Waals surface area contributed by atoms with Crippen LogP contribution in [-0.4, -0.2) is 4.98 Å². The van der Waals surface area contributed by atoms with Crippen LogP contribution in [0.2, 0.25) is 0 Å². The molecule has 0 aliphatic rings. The number of nitrogens with zero attached hydrogens (tertiary/aromatic N) is 1. The van der Waals surface area contributed by atoms with E-state index in [1.807, 2.05) is 6.92 Å². The van der Waals surface area contributed by atoms with Crippen LogP contribution >= 0.6 is 0 Å². The molecule has 1 aromatic heterocycles. The number of aryl methyl sites for hydroxylation is 3. The van der Waals surface area contributed by atoms with Crippen LogP contribution in [0.15, 0.2) is 146 Å². The first-order valence-electron chi connectivity index (χ1n) is 15.0. The van der Waals surface area contributed by atoms with Crippen molar-refractivity contribution in [3.63, 3.8) is 0 Å². The van der Waals surface area contributed by atoms with Crippen molar-refractivity contribution in [3.05, 3.63) is 168 Å². The lowest BCUT2D eigenvalue weighted by molar-refractivity contribution is 1.33. The summed E-state index contributed by atoms with van der Waals surface area (Å²) >= 11 is 0. The zero-order valence-corrected chi connectivity index (χ0v) is 25.8. The van der Waals surface area contributed by atoms with Crippen LogP contribution in [0.25, 0.3) is 49.9 Å². The lowest BCUT2D eigenvalue weighted by Gasteiger charge is -2.14. The summed E-state index contributed by atoms with van der Waals surface area (Å²) in [6.07, 6.45) is 6.29. The molecule has 0 saturated heterocycles. The first kappa shape index (κ1) is 29.5. The lowest BCUT2D eigenvalue weighted by Crippen LogP contribution is -1.95. The Balaban J connectivity index is 0.000000176. The van der Waals surface area contributed by atoms with Gasteiger partial charge < -0.3 is 0 Å². The van der Waals surface area contributed by atoms with Gasteiger partial charge in [-0.15, -0.1) is 0 Å². The Morgan fingerprint density at radius 1 is 0.535 bits per heavy atom. The second-order valence-corrected chi connectivity index (χ2v) is 10.9. The molecular formula is C42H39N. The van der Waals surface area contributed by atoms with E-state index in [1.54, 1.807) is 0 Å². The molecule has 0 spiro atoms. The molecule has 0 aliphatic carbocycles. The summed E-state index contributed by atoms with van der Waals surface area (Å²) in [5.41, 5.74) is 14.7. The highest BCUT2D eigenvalue weighted by molar-refractivity contribution is 5.99. The molecule has 1 heteroatoms. The SMILES string of the molecule is C/C=C\C(=C/C)c1cc(-c2ccccc2C)c2c(C)cccc2n1.Cc1cc(-c2ccccc2)cc(-c2ccccc2)c1. The number of pyridine rings is 1. The molecule has 6 aromatic rings. The molecule has 5 aromatic carbocycles. The van der Waals surface area contributed by atoms with E-state index in [1.165, 1.54) is 55.5 Å². The first-order valence-corrected chi connectivity index (χ1v) is 15.0. The summed E-state index contributed by atoms with van der Waals surface area (Å²) < 4.78 is 0. The standard InChI is InChI=1S/C23H23N.C19H16/c1-5-10-18(6-2)22-15-20(19-13-8-7-11-16(19)3)23-17(4)12-9-14-21(23)24-22;1-15-12-18(16-8-4-2-5-9-16)14-19(13-15)17-10-6-3-7-11-17/h5-15H,1-4H3;2-14H,1H3/b10-5-,18-6+;.